The topological polar surface area (TPSA) is 60.0 Å². The van der Waals surface area contributed by atoms with Crippen LogP contribution in [0.4, 0.5) is 0 Å². The summed E-state index contributed by atoms with van der Waals surface area (Å²) in [5.74, 6) is 0.988. The summed E-state index contributed by atoms with van der Waals surface area (Å²) in [6, 6.07) is 20.7. The van der Waals surface area contributed by atoms with Crippen molar-refractivity contribution in [1.29, 1.82) is 0 Å². The Morgan fingerprint density at radius 1 is 0.960 bits per heavy atom. The normalized spacial score (nSPS) is 20.8. The lowest BCUT2D eigenvalue weighted by atomic mass is 9.89. The molecule has 1 saturated heterocycles. The molecule has 2 atom stereocenters. The molecule has 1 aliphatic rings. The van der Waals surface area contributed by atoms with Crippen molar-refractivity contribution in [2.45, 2.75) is 12.5 Å². The molecule has 0 amide bonds. The van der Waals surface area contributed by atoms with Crippen molar-refractivity contribution in [2.75, 3.05) is 19.6 Å². The molecule has 2 heterocycles. The minimum atomic E-state index is 0.492. The number of likely N-dealkylation sites (tertiary alicyclic amines) is 1. The molecule has 1 fully saturated rings. The molecular formula is C20H23N5. The van der Waals surface area contributed by atoms with Crippen LogP contribution >= 0.6 is 0 Å². The monoisotopic (exact) mass is 333 g/mol. The number of hydrogen-bond acceptors (Lipinski definition) is 4. The van der Waals surface area contributed by atoms with Gasteiger partial charge in [-0.3, -0.25) is 4.90 Å². The van der Waals surface area contributed by atoms with Gasteiger partial charge in [0.1, 0.15) is 0 Å². The Morgan fingerprint density at radius 3 is 2.40 bits per heavy atom. The number of hydrogen-bond donors (Lipinski definition) is 1. The minimum absolute atomic E-state index is 0.492. The Bertz CT molecular complexity index is 799. The maximum Gasteiger partial charge on any atom is 0.0971 e. The third-order valence-corrected chi connectivity index (χ3v) is 4.96. The second-order valence-electron chi connectivity index (χ2n) is 6.67. The van der Waals surface area contributed by atoms with Crippen molar-refractivity contribution in [3.63, 3.8) is 0 Å². The average Bonchev–Trinajstić information content (AvgIpc) is 3.30. The molecule has 25 heavy (non-hydrogen) atoms. The van der Waals surface area contributed by atoms with E-state index in [9.17, 15) is 0 Å². The quantitative estimate of drug-likeness (QED) is 0.779. The van der Waals surface area contributed by atoms with Crippen LogP contribution in [0.1, 0.15) is 17.2 Å². The fraction of sp³-hybridized carbons (Fsp3) is 0.300. The van der Waals surface area contributed by atoms with Crippen LogP contribution in [-0.4, -0.2) is 39.5 Å². The third-order valence-electron chi connectivity index (χ3n) is 4.96. The van der Waals surface area contributed by atoms with Crippen LogP contribution < -0.4 is 5.73 Å². The Kier molecular flexibility index (Phi) is 4.59. The number of aromatic nitrogens is 3. The summed E-state index contributed by atoms with van der Waals surface area (Å²) in [6.45, 7) is 3.55. The van der Waals surface area contributed by atoms with E-state index >= 15 is 0 Å². The zero-order valence-corrected chi connectivity index (χ0v) is 14.2. The first kappa shape index (κ1) is 16.0. The molecule has 0 radical (unpaired) electrons. The predicted molar refractivity (Wildman–Crippen MR) is 98.4 cm³/mol. The van der Waals surface area contributed by atoms with Gasteiger partial charge in [0.2, 0.25) is 0 Å². The fourth-order valence-corrected chi connectivity index (χ4v) is 3.69. The summed E-state index contributed by atoms with van der Waals surface area (Å²) in [5.41, 5.74) is 9.40. The van der Waals surface area contributed by atoms with E-state index in [4.69, 9.17) is 5.73 Å². The second-order valence-corrected chi connectivity index (χ2v) is 6.67. The van der Waals surface area contributed by atoms with E-state index in [1.165, 1.54) is 5.56 Å². The zero-order chi connectivity index (χ0) is 17.1. The number of rotatable bonds is 5. The third kappa shape index (κ3) is 3.48. The molecule has 0 saturated carbocycles. The molecule has 5 nitrogen and oxygen atoms in total. The Balaban J connectivity index is 1.46. The number of nitrogens with two attached hydrogens (primary N) is 1. The molecule has 0 spiro atoms. The first-order valence-corrected chi connectivity index (χ1v) is 8.77. The summed E-state index contributed by atoms with van der Waals surface area (Å²) < 4.78 is 0. The summed E-state index contributed by atoms with van der Waals surface area (Å²) >= 11 is 0. The molecule has 4 rings (SSSR count). The maximum atomic E-state index is 6.04. The molecule has 2 N–H and O–H groups in total. The number of benzene rings is 2. The van der Waals surface area contributed by atoms with E-state index in [2.05, 4.69) is 45.4 Å². The van der Waals surface area contributed by atoms with E-state index in [1.807, 2.05) is 36.5 Å². The van der Waals surface area contributed by atoms with Crippen molar-refractivity contribution in [3.05, 3.63) is 78.1 Å². The molecular weight excluding hydrogens is 310 g/mol. The van der Waals surface area contributed by atoms with E-state index in [0.29, 0.717) is 18.4 Å². The first-order chi connectivity index (χ1) is 12.3. The summed E-state index contributed by atoms with van der Waals surface area (Å²) in [6.07, 6.45) is 1.86. The van der Waals surface area contributed by atoms with Gasteiger partial charge in [0.05, 0.1) is 17.6 Å². The Morgan fingerprint density at radius 2 is 1.68 bits per heavy atom. The van der Waals surface area contributed by atoms with Gasteiger partial charge in [-0.1, -0.05) is 48.5 Å². The van der Waals surface area contributed by atoms with Gasteiger partial charge in [-0.2, -0.15) is 15.0 Å². The van der Waals surface area contributed by atoms with E-state index in [0.717, 1.165) is 31.0 Å². The zero-order valence-electron chi connectivity index (χ0n) is 14.2. The van der Waals surface area contributed by atoms with Crippen LogP contribution in [0.2, 0.25) is 0 Å². The second kappa shape index (κ2) is 7.17. The average molecular weight is 333 g/mol. The van der Waals surface area contributed by atoms with Gasteiger partial charge in [0.25, 0.3) is 0 Å². The highest BCUT2D eigenvalue weighted by Crippen LogP contribution is 2.32. The number of nitrogens with zero attached hydrogens (tertiary/aromatic N) is 4. The highest BCUT2D eigenvalue weighted by Gasteiger charge is 2.33. The summed E-state index contributed by atoms with van der Waals surface area (Å²) in [5, 5.41) is 9.02. The molecule has 0 unspecified atom stereocenters. The molecule has 0 aliphatic carbocycles. The van der Waals surface area contributed by atoms with Crippen molar-refractivity contribution in [1.82, 2.24) is 19.9 Å². The van der Waals surface area contributed by atoms with Crippen LogP contribution in [0.3, 0.4) is 0 Å². The molecule has 0 bridgehead atoms. The highest BCUT2D eigenvalue weighted by molar-refractivity contribution is 5.28. The minimum Gasteiger partial charge on any atom is -0.330 e. The number of para-hydroxylation sites is 1. The van der Waals surface area contributed by atoms with Gasteiger partial charge in [-0.05, 0) is 30.2 Å². The molecule has 1 aromatic heterocycles. The van der Waals surface area contributed by atoms with Crippen LogP contribution in [0.15, 0.2) is 66.9 Å². The Labute approximate surface area is 148 Å². The molecule has 2 aromatic carbocycles. The largest absolute Gasteiger partial charge is 0.330 e. The highest BCUT2D eigenvalue weighted by atomic mass is 15.5. The smallest absolute Gasteiger partial charge is 0.0971 e. The summed E-state index contributed by atoms with van der Waals surface area (Å²) in [7, 11) is 0. The van der Waals surface area contributed by atoms with Crippen molar-refractivity contribution >= 4 is 0 Å². The van der Waals surface area contributed by atoms with Gasteiger partial charge >= 0.3 is 0 Å². The lowest BCUT2D eigenvalue weighted by Crippen LogP contribution is -2.23. The maximum absolute atomic E-state index is 6.04. The van der Waals surface area contributed by atoms with Gasteiger partial charge in [-0.25, -0.2) is 0 Å². The van der Waals surface area contributed by atoms with Crippen LogP contribution in [-0.2, 0) is 6.54 Å². The Hall–Kier alpha value is -2.50. The lowest BCUT2D eigenvalue weighted by molar-refractivity contribution is 0.312. The van der Waals surface area contributed by atoms with E-state index in [-0.39, 0.29) is 0 Å². The van der Waals surface area contributed by atoms with Crippen LogP contribution in [0.25, 0.3) is 5.69 Å². The van der Waals surface area contributed by atoms with Gasteiger partial charge in [-0.15, -0.1) is 0 Å². The summed E-state index contributed by atoms with van der Waals surface area (Å²) in [4.78, 5) is 4.13. The molecule has 128 valence electrons. The first-order valence-electron chi connectivity index (χ1n) is 8.77. The fourth-order valence-electron chi connectivity index (χ4n) is 3.69. The standard InChI is InChI=1S/C20H23N5/c21-11-17-13-24(15-20(17)16-7-3-1-4-8-16)14-18-12-22-25(23-18)19-9-5-2-6-10-19/h1-10,12,17,20H,11,13-15,21H2/t17-,20+/m1/s1. The van der Waals surface area contributed by atoms with Crippen molar-refractivity contribution in [2.24, 2.45) is 11.7 Å². The van der Waals surface area contributed by atoms with Crippen LogP contribution in [0, 0.1) is 5.92 Å². The van der Waals surface area contributed by atoms with Crippen molar-refractivity contribution < 1.29 is 0 Å². The molecule has 3 aromatic rings. The van der Waals surface area contributed by atoms with Gasteiger partial charge in [0.15, 0.2) is 0 Å². The molecule has 5 heteroatoms. The lowest BCUT2D eigenvalue weighted by Gasteiger charge is -2.16. The van der Waals surface area contributed by atoms with Gasteiger partial charge < -0.3 is 5.73 Å². The molecule has 1 aliphatic heterocycles. The van der Waals surface area contributed by atoms with Gasteiger partial charge in [0, 0.05) is 25.6 Å². The van der Waals surface area contributed by atoms with Crippen molar-refractivity contribution in [3.8, 4) is 5.69 Å². The van der Waals surface area contributed by atoms with E-state index in [1.54, 1.807) is 4.80 Å². The predicted octanol–water partition coefficient (Wildman–Crippen LogP) is 2.44. The van der Waals surface area contributed by atoms with Crippen LogP contribution in [0.5, 0.6) is 0 Å². The van der Waals surface area contributed by atoms with E-state index < -0.39 is 0 Å². The SMILES string of the molecule is NC[C@@H]1CN(Cc2cnn(-c3ccccc3)n2)C[C@H]1c1ccccc1.